The number of rotatable bonds is 16. The molecule has 0 saturated heterocycles. The molecule has 31 heavy (non-hydrogen) atoms. The normalized spacial score (nSPS) is 12.2. The van der Waals surface area contributed by atoms with Crippen LogP contribution in [-0.2, 0) is 22.4 Å². The van der Waals surface area contributed by atoms with Crippen LogP contribution in [0.5, 0.6) is 0 Å². The van der Waals surface area contributed by atoms with Crippen LogP contribution < -0.4 is 0 Å². The second-order valence-electron chi connectivity index (χ2n) is 10.4. The Morgan fingerprint density at radius 2 is 1.16 bits per heavy atom. The van der Waals surface area contributed by atoms with Gasteiger partial charge in [-0.1, -0.05) is 56.7 Å². The summed E-state index contributed by atoms with van der Waals surface area (Å²) in [5, 5.41) is 18.4. The zero-order valence-electron chi connectivity index (χ0n) is 20.4. The SMILES string of the molecule is Cc1cccc(CCCCCCC(C)(C)C(=O)O)c1CCCCCCC(C)(C)C(=O)O. The van der Waals surface area contributed by atoms with E-state index in [0.717, 1.165) is 77.0 Å². The summed E-state index contributed by atoms with van der Waals surface area (Å²) in [6, 6.07) is 6.60. The van der Waals surface area contributed by atoms with Crippen molar-refractivity contribution in [1.82, 2.24) is 0 Å². The third-order valence-corrected chi connectivity index (χ3v) is 6.64. The van der Waals surface area contributed by atoms with Crippen LogP contribution in [-0.4, -0.2) is 22.2 Å². The Labute approximate surface area is 189 Å². The van der Waals surface area contributed by atoms with E-state index in [1.165, 1.54) is 16.7 Å². The van der Waals surface area contributed by atoms with Crippen LogP contribution >= 0.6 is 0 Å². The molecule has 1 rings (SSSR count). The van der Waals surface area contributed by atoms with Crippen LogP contribution in [0.3, 0.4) is 0 Å². The predicted molar refractivity (Wildman–Crippen MR) is 128 cm³/mol. The van der Waals surface area contributed by atoms with Gasteiger partial charge in [0.05, 0.1) is 10.8 Å². The van der Waals surface area contributed by atoms with Gasteiger partial charge in [-0.15, -0.1) is 0 Å². The first-order chi connectivity index (χ1) is 14.5. The zero-order valence-corrected chi connectivity index (χ0v) is 20.4. The van der Waals surface area contributed by atoms with E-state index in [4.69, 9.17) is 0 Å². The number of aliphatic carboxylic acids is 2. The largest absolute Gasteiger partial charge is 0.481 e. The molecule has 0 radical (unpaired) electrons. The number of hydrogen-bond acceptors (Lipinski definition) is 2. The van der Waals surface area contributed by atoms with Gasteiger partial charge >= 0.3 is 11.9 Å². The lowest BCUT2D eigenvalue weighted by Gasteiger charge is -2.18. The number of carboxylic acid groups (broad SMARTS) is 2. The van der Waals surface area contributed by atoms with Gasteiger partial charge in [-0.2, -0.15) is 0 Å². The molecule has 0 aliphatic carbocycles. The van der Waals surface area contributed by atoms with E-state index >= 15 is 0 Å². The fraction of sp³-hybridized carbons (Fsp3) is 0.704. The molecule has 0 saturated carbocycles. The number of aryl methyl sites for hydroxylation is 2. The third kappa shape index (κ3) is 9.88. The summed E-state index contributed by atoms with van der Waals surface area (Å²) in [6.45, 7) is 9.43. The maximum atomic E-state index is 11.2. The van der Waals surface area contributed by atoms with Gasteiger partial charge in [0.25, 0.3) is 0 Å². The molecule has 0 aliphatic rings. The van der Waals surface area contributed by atoms with Crippen molar-refractivity contribution in [2.45, 2.75) is 112 Å². The lowest BCUT2D eigenvalue weighted by Crippen LogP contribution is -2.23. The molecule has 0 unspecified atom stereocenters. The fourth-order valence-electron chi connectivity index (χ4n) is 4.03. The third-order valence-electron chi connectivity index (χ3n) is 6.64. The van der Waals surface area contributed by atoms with Crippen LogP contribution in [0.25, 0.3) is 0 Å². The van der Waals surface area contributed by atoms with E-state index in [2.05, 4.69) is 25.1 Å². The Morgan fingerprint density at radius 3 is 1.65 bits per heavy atom. The molecule has 0 aromatic heterocycles. The molecule has 1 aromatic rings. The van der Waals surface area contributed by atoms with Gasteiger partial charge in [0.2, 0.25) is 0 Å². The average Bonchev–Trinajstić information content (AvgIpc) is 2.68. The van der Waals surface area contributed by atoms with E-state index in [0.29, 0.717) is 0 Å². The lowest BCUT2D eigenvalue weighted by atomic mass is 9.86. The Balaban J connectivity index is 2.36. The minimum Gasteiger partial charge on any atom is -0.481 e. The molecular formula is C27H44O4. The first-order valence-corrected chi connectivity index (χ1v) is 12.0. The van der Waals surface area contributed by atoms with Crippen LogP contribution in [0, 0.1) is 17.8 Å². The van der Waals surface area contributed by atoms with E-state index < -0.39 is 22.8 Å². The highest BCUT2D eigenvalue weighted by atomic mass is 16.4. The van der Waals surface area contributed by atoms with Crippen molar-refractivity contribution >= 4 is 11.9 Å². The van der Waals surface area contributed by atoms with Gasteiger partial charge < -0.3 is 10.2 Å². The maximum Gasteiger partial charge on any atom is 0.309 e. The van der Waals surface area contributed by atoms with Gasteiger partial charge in [0.15, 0.2) is 0 Å². The smallest absolute Gasteiger partial charge is 0.309 e. The van der Waals surface area contributed by atoms with E-state index in [1.807, 2.05) is 13.8 Å². The van der Waals surface area contributed by atoms with Gasteiger partial charge in [-0.3, -0.25) is 9.59 Å². The number of carbonyl (C=O) groups is 2. The second-order valence-corrected chi connectivity index (χ2v) is 10.4. The van der Waals surface area contributed by atoms with Crippen molar-refractivity contribution < 1.29 is 19.8 Å². The molecule has 1 aromatic carbocycles. The molecule has 4 nitrogen and oxygen atoms in total. The first kappa shape index (κ1) is 27.2. The molecule has 2 N–H and O–H groups in total. The topological polar surface area (TPSA) is 74.6 Å². The monoisotopic (exact) mass is 432 g/mol. The van der Waals surface area contributed by atoms with Crippen molar-refractivity contribution in [3.63, 3.8) is 0 Å². The average molecular weight is 433 g/mol. The number of hydrogen-bond donors (Lipinski definition) is 2. The number of benzene rings is 1. The molecule has 0 atom stereocenters. The van der Waals surface area contributed by atoms with Crippen LogP contribution in [0.1, 0.15) is 109 Å². The summed E-state index contributed by atoms with van der Waals surface area (Å²) in [6.07, 6.45) is 12.4. The maximum absolute atomic E-state index is 11.2. The molecular weight excluding hydrogens is 388 g/mol. The fourth-order valence-corrected chi connectivity index (χ4v) is 4.03. The van der Waals surface area contributed by atoms with Crippen molar-refractivity contribution in [2.75, 3.05) is 0 Å². The zero-order chi connectivity index (χ0) is 23.5. The molecule has 0 aliphatic heterocycles. The highest BCUT2D eigenvalue weighted by Gasteiger charge is 2.26. The van der Waals surface area contributed by atoms with Gasteiger partial charge in [-0.05, 0) is 89.8 Å². The predicted octanol–water partition coefficient (Wildman–Crippen LogP) is 7.20. The second kappa shape index (κ2) is 12.9. The standard InChI is InChI=1S/C27H44O4/c1-21-15-14-17-22(16-10-6-8-12-19-26(2,3)24(28)29)23(21)18-11-7-9-13-20-27(4,5)25(30)31/h14-15,17H,6-13,16,18-20H2,1-5H3,(H,28,29)(H,30,31). The van der Waals surface area contributed by atoms with Crippen molar-refractivity contribution in [3.05, 3.63) is 34.9 Å². The molecule has 0 spiro atoms. The van der Waals surface area contributed by atoms with Crippen LogP contribution in [0.4, 0.5) is 0 Å². The Morgan fingerprint density at radius 1 is 0.710 bits per heavy atom. The summed E-state index contributed by atoms with van der Waals surface area (Å²) >= 11 is 0. The van der Waals surface area contributed by atoms with Gasteiger partial charge in [0.1, 0.15) is 0 Å². The van der Waals surface area contributed by atoms with E-state index in [-0.39, 0.29) is 0 Å². The van der Waals surface area contributed by atoms with Crippen molar-refractivity contribution in [1.29, 1.82) is 0 Å². The Hall–Kier alpha value is -1.84. The first-order valence-electron chi connectivity index (χ1n) is 12.0. The van der Waals surface area contributed by atoms with E-state index in [1.54, 1.807) is 13.8 Å². The number of carboxylic acids is 2. The quantitative estimate of drug-likeness (QED) is 0.271. The summed E-state index contributed by atoms with van der Waals surface area (Å²) < 4.78 is 0. The molecule has 0 amide bonds. The summed E-state index contributed by atoms with van der Waals surface area (Å²) in [5.74, 6) is -1.41. The summed E-state index contributed by atoms with van der Waals surface area (Å²) in [7, 11) is 0. The van der Waals surface area contributed by atoms with Crippen molar-refractivity contribution in [2.24, 2.45) is 10.8 Å². The minimum absolute atomic E-state index is 0.618. The Kier molecular flexibility index (Phi) is 11.3. The summed E-state index contributed by atoms with van der Waals surface area (Å²) in [4.78, 5) is 22.4. The van der Waals surface area contributed by atoms with Gasteiger partial charge in [0, 0.05) is 0 Å². The summed E-state index contributed by atoms with van der Waals surface area (Å²) in [5.41, 5.74) is 3.07. The van der Waals surface area contributed by atoms with Crippen LogP contribution in [0.15, 0.2) is 18.2 Å². The van der Waals surface area contributed by atoms with Gasteiger partial charge in [-0.25, -0.2) is 0 Å². The minimum atomic E-state index is -0.706. The highest BCUT2D eigenvalue weighted by Crippen LogP contribution is 2.26. The Bertz CT molecular complexity index is 703. The molecule has 0 bridgehead atoms. The lowest BCUT2D eigenvalue weighted by molar-refractivity contribution is -0.148. The highest BCUT2D eigenvalue weighted by molar-refractivity contribution is 5.73. The number of unbranched alkanes of at least 4 members (excludes halogenated alkanes) is 6. The van der Waals surface area contributed by atoms with Crippen molar-refractivity contribution in [3.8, 4) is 0 Å². The molecule has 4 heteroatoms. The molecule has 176 valence electrons. The van der Waals surface area contributed by atoms with E-state index in [9.17, 15) is 19.8 Å². The molecule has 0 heterocycles. The molecule has 0 fully saturated rings. The van der Waals surface area contributed by atoms with Crippen LogP contribution in [0.2, 0.25) is 0 Å².